The van der Waals surface area contributed by atoms with E-state index in [0.29, 0.717) is 5.69 Å². The molecule has 0 spiro atoms. The van der Waals surface area contributed by atoms with Crippen LogP contribution in [0.15, 0.2) is 36.4 Å². The Bertz CT molecular complexity index is 1210. The van der Waals surface area contributed by atoms with E-state index in [1.807, 2.05) is 0 Å². The van der Waals surface area contributed by atoms with E-state index >= 15 is 0 Å². The maximum atomic E-state index is 12.3. The van der Waals surface area contributed by atoms with Crippen molar-refractivity contribution < 1.29 is 59.7 Å². The van der Waals surface area contributed by atoms with Crippen molar-refractivity contribution in [2.75, 3.05) is 23.8 Å². The number of carbonyl (C=O) groups is 3. The molecule has 0 fully saturated rings. The number of hydrogen-bond donors (Lipinski definition) is 2. The number of halogens is 6. The van der Waals surface area contributed by atoms with Crippen molar-refractivity contribution in [1.29, 1.82) is 0 Å². The monoisotopic (exact) mass is 536 g/mol. The summed E-state index contributed by atoms with van der Waals surface area (Å²) < 4.78 is 90.8. The summed E-state index contributed by atoms with van der Waals surface area (Å²) in [5.41, 5.74) is 0.561. The van der Waals surface area contributed by atoms with Crippen molar-refractivity contribution in [2.45, 2.75) is 32.4 Å². The number of ether oxygens (including phenoxy) is 4. The predicted molar refractivity (Wildman–Crippen MR) is 113 cm³/mol. The first-order valence-corrected chi connectivity index (χ1v) is 10.4. The summed E-state index contributed by atoms with van der Waals surface area (Å²) >= 11 is 0. The highest BCUT2D eigenvalue weighted by Crippen LogP contribution is 2.42. The second kappa shape index (κ2) is 10.3. The van der Waals surface area contributed by atoms with Crippen LogP contribution in [0.2, 0.25) is 0 Å². The van der Waals surface area contributed by atoms with E-state index in [-0.39, 0.29) is 30.0 Å². The van der Waals surface area contributed by atoms with Crippen LogP contribution in [0.25, 0.3) is 0 Å². The van der Waals surface area contributed by atoms with Crippen LogP contribution in [0.3, 0.4) is 0 Å². The third-order valence-corrected chi connectivity index (χ3v) is 4.75. The summed E-state index contributed by atoms with van der Waals surface area (Å²) in [5, 5.41) is 4.73. The number of nitrogens with one attached hydrogen (secondary N) is 2. The number of amides is 2. The number of Topliss-reactive ketones (excluding diaryl/α,β-unsaturated/α-hetero) is 1. The third kappa shape index (κ3) is 6.29. The Morgan fingerprint density at radius 2 is 1.27 bits per heavy atom. The predicted octanol–water partition coefficient (Wildman–Crippen LogP) is 4.48. The van der Waals surface area contributed by atoms with Gasteiger partial charge in [0.25, 0.3) is 23.4 Å². The van der Waals surface area contributed by atoms with Crippen LogP contribution in [0.1, 0.15) is 29.8 Å². The van der Waals surface area contributed by atoms with Gasteiger partial charge >= 0.3 is 12.7 Å². The van der Waals surface area contributed by atoms with Gasteiger partial charge in [0.15, 0.2) is 0 Å². The van der Waals surface area contributed by atoms with Gasteiger partial charge in [0, 0.05) is 18.8 Å². The largest absolute Gasteiger partial charge is 0.573 e. The van der Waals surface area contributed by atoms with E-state index in [4.69, 9.17) is 9.47 Å². The van der Waals surface area contributed by atoms with Crippen molar-refractivity contribution in [3.05, 3.63) is 47.5 Å². The molecule has 2 amide bonds. The summed E-state index contributed by atoms with van der Waals surface area (Å²) in [6.07, 6.45) is -9.64. The number of carbonyl (C=O) groups excluding carboxylic acids is 3. The van der Waals surface area contributed by atoms with Gasteiger partial charge < -0.3 is 29.6 Å². The molecule has 0 saturated heterocycles. The Hall–Kier alpha value is -3.85. The molecule has 2 aliphatic rings. The molecule has 2 heterocycles. The lowest BCUT2D eigenvalue weighted by molar-refractivity contribution is -0.275. The van der Waals surface area contributed by atoms with Gasteiger partial charge in [0.05, 0.1) is 16.9 Å². The van der Waals surface area contributed by atoms with Crippen LogP contribution in [0.4, 0.5) is 37.7 Å². The Morgan fingerprint density at radius 3 is 1.78 bits per heavy atom. The zero-order valence-electron chi connectivity index (χ0n) is 19.0. The van der Waals surface area contributed by atoms with Gasteiger partial charge in [-0.2, -0.15) is 0 Å². The zero-order valence-corrected chi connectivity index (χ0v) is 19.0. The average Bonchev–Trinajstić information content (AvgIpc) is 3.20. The van der Waals surface area contributed by atoms with E-state index < -0.39 is 47.6 Å². The molecule has 0 aromatic heterocycles. The van der Waals surface area contributed by atoms with Crippen LogP contribution < -0.4 is 20.1 Å². The van der Waals surface area contributed by atoms with Gasteiger partial charge in [-0.25, -0.2) is 0 Å². The smallest absolute Gasteiger partial charge is 0.406 e. The fourth-order valence-corrected chi connectivity index (χ4v) is 3.48. The maximum Gasteiger partial charge on any atom is 0.573 e. The van der Waals surface area contributed by atoms with E-state index in [2.05, 4.69) is 20.1 Å². The Labute approximate surface area is 204 Å². The van der Waals surface area contributed by atoms with Crippen molar-refractivity contribution in [3.8, 4) is 11.5 Å². The lowest BCUT2D eigenvalue weighted by atomic mass is 10.1. The zero-order chi connectivity index (χ0) is 27.6. The van der Waals surface area contributed by atoms with Gasteiger partial charge in [-0.3, -0.25) is 14.4 Å². The molecule has 2 aliphatic heterocycles. The van der Waals surface area contributed by atoms with Crippen LogP contribution in [0, 0.1) is 0 Å². The lowest BCUT2D eigenvalue weighted by Gasteiger charge is -2.26. The van der Waals surface area contributed by atoms with Gasteiger partial charge in [-0.05, 0) is 50.2 Å². The molecule has 2 aromatic carbocycles. The van der Waals surface area contributed by atoms with Crippen molar-refractivity contribution in [3.63, 3.8) is 0 Å². The van der Waals surface area contributed by atoms with E-state index in [1.165, 1.54) is 12.1 Å². The highest BCUT2D eigenvalue weighted by Gasteiger charge is 2.50. The Morgan fingerprint density at radius 1 is 0.757 bits per heavy atom. The second-order valence-electron chi connectivity index (χ2n) is 7.23. The number of hydrogen-bond acceptors (Lipinski definition) is 7. The molecular formula is C22H18F6N2O7. The lowest BCUT2D eigenvalue weighted by Crippen LogP contribution is -2.40. The molecule has 0 bridgehead atoms. The molecule has 4 rings (SSSR count). The fourth-order valence-electron chi connectivity index (χ4n) is 3.48. The number of rotatable bonds is 6. The first-order valence-electron chi connectivity index (χ1n) is 10.4. The number of alkyl halides is 6. The normalized spacial score (nSPS) is 15.7. The van der Waals surface area contributed by atoms with Crippen LogP contribution in [0.5, 0.6) is 11.5 Å². The molecule has 2 aromatic rings. The SMILES string of the molecule is CCOC1(OCC)C(=O)Nc2ccc(OC(F)(F)F)cc21.O=C1Nc2ccc(OC(F)(F)F)cc2C1=O. The minimum Gasteiger partial charge on any atom is -0.406 e. The summed E-state index contributed by atoms with van der Waals surface area (Å²) in [6, 6.07) is 6.59. The van der Waals surface area contributed by atoms with Gasteiger partial charge in [-0.15, -0.1) is 26.3 Å². The van der Waals surface area contributed by atoms with E-state index in [0.717, 1.165) is 24.3 Å². The molecule has 0 atom stereocenters. The molecule has 0 radical (unpaired) electrons. The summed E-state index contributed by atoms with van der Waals surface area (Å²) in [4.78, 5) is 34.2. The van der Waals surface area contributed by atoms with Crippen molar-refractivity contribution >= 4 is 29.0 Å². The summed E-state index contributed by atoms with van der Waals surface area (Å²) in [5.74, 6) is -5.03. The molecule has 0 saturated carbocycles. The van der Waals surface area contributed by atoms with Crippen molar-refractivity contribution in [2.24, 2.45) is 0 Å². The average molecular weight is 536 g/mol. The first kappa shape index (κ1) is 27.7. The molecule has 200 valence electrons. The van der Waals surface area contributed by atoms with Gasteiger partial charge in [0.2, 0.25) is 0 Å². The van der Waals surface area contributed by atoms with E-state index in [1.54, 1.807) is 13.8 Å². The van der Waals surface area contributed by atoms with Crippen LogP contribution in [-0.2, 0) is 24.8 Å². The molecule has 15 heteroatoms. The first-order chi connectivity index (χ1) is 17.2. The fraction of sp³-hybridized carbons (Fsp3) is 0.318. The minimum atomic E-state index is -4.83. The summed E-state index contributed by atoms with van der Waals surface area (Å²) in [7, 11) is 0. The van der Waals surface area contributed by atoms with Crippen molar-refractivity contribution in [1.82, 2.24) is 0 Å². The number of ketones is 1. The molecule has 9 nitrogen and oxygen atoms in total. The third-order valence-electron chi connectivity index (χ3n) is 4.75. The molecule has 2 N–H and O–H groups in total. The molecule has 37 heavy (non-hydrogen) atoms. The number of benzene rings is 2. The van der Waals surface area contributed by atoms with Crippen LogP contribution >= 0.6 is 0 Å². The quantitative estimate of drug-likeness (QED) is 0.318. The summed E-state index contributed by atoms with van der Waals surface area (Å²) in [6.45, 7) is 3.61. The Kier molecular flexibility index (Phi) is 7.69. The number of anilines is 2. The van der Waals surface area contributed by atoms with Gasteiger partial charge in [0.1, 0.15) is 11.5 Å². The maximum absolute atomic E-state index is 12.3. The number of fused-ring (bicyclic) bond motifs is 2. The highest BCUT2D eigenvalue weighted by molar-refractivity contribution is 6.51. The molecule has 0 unspecified atom stereocenters. The minimum absolute atomic E-state index is 0.119. The molecular weight excluding hydrogens is 518 g/mol. The van der Waals surface area contributed by atoms with E-state index in [9.17, 15) is 40.7 Å². The topological polar surface area (TPSA) is 112 Å². The van der Waals surface area contributed by atoms with Gasteiger partial charge in [-0.1, -0.05) is 0 Å². The molecule has 0 aliphatic carbocycles. The van der Waals surface area contributed by atoms with Crippen LogP contribution in [-0.4, -0.2) is 43.5 Å². The standard InChI is InChI=1S/C13H14F3NO4.C9H4F3NO3/c1-3-19-12(20-4-2)9-7-8(21-13(14,15)16)5-6-10(9)17-11(12)18;10-9(11,12)16-4-1-2-6-5(3-4)7(14)8(15)13-6/h5-7H,3-4H2,1-2H3,(H,17,18);1-3H,(H,13,14,15). The second-order valence-corrected chi connectivity index (χ2v) is 7.23. The highest BCUT2D eigenvalue weighted by atomic mass is 19.4. The Balaban J connectivity index is 0.000000213.